The van der Waals surface area contributed by atoms with E-state index in [9.17, 15) is 0 Å². The smallest absolute Gasteiger partial charge is 0.130 e. The minimum Gasteiger partial charge on any atom is -0.472 e. The number of furan rings is 1. The normalized spacial score (nSPS) is 10.3. The summed E-state index contributed by atoms with van der Waals surface area (Å²) < 4.78 is 5.05. The molecule has 0 amide bonds. The molecule has 0 bridgehead atoms. The van der Waals surface area contributed by atoms with Crippen LogP contribution in [0, 0.1) is 0 Å². The fraction of sp³-hybridized carbons (Fsp3) is 0.0714. The number of hydrogen-bond donors (Lipinski definition) is 1. The maximum absolute atomic E-state index is 5.05. The SMILES string of the molecule is c1cncc(CNc2cc(-c3ccoc3)ncn2)c1. The van der Waals surface area contributed by atoms with Crippen LogP contribution in [0.1, 0.15) is 5.56 Å². The zero-order valence-electron chi connectivity index (χ0n) is 10.2. The summed E-state index contributed by atoms with van der Waals surface area (Å²) >= 11 is 0. The topological polar surface area (TPSA) is 63.8 Å². The van der Waals surface area contributed by atoms with Gasteiger partial charge < -0.3 is 9.73 Å². The lowest BCUT2D eigenvalue weighted by atomic mass is 10.2. The van der Waals surface area contributed by atoms with Crippen molar-refractivity contribution in [3.63, 3.8) is 0 Å². The van der Waals surface area contributed by atoms with Gasteiger partial charge in [-0.15, -0.1) is 0 Å². The summed E-state index contributed by atoms with van der Waals surface area (Å²) in [7, 11) is 0. The van der Waals surface area contributed by atoms with Gasteiger partial charge in [-0.3, -0.25) is 4.98 Å². The highest BCUT2D eigenvalue weighted by Gasteiger charge is 2.03. The van der Waals surface area contributed by atoms with Gasteiger partial charge in [0, 0.05) is 30.6 Å². The first-order valence-corrected chi connectivity index (χ1v) is 5.89. The number of hydrogen-bond acceptors (Lipinski definition) is 5. The highest BCUT2D eigenvalue weighted by atomic mass is 16.3. The first-order chi connectivity index (χ1) is 9.42. The highest BCUT2D eigenvalue weighted by molar-refractivity contribution is 5.60. The maximum atomic E-state index is 5.05. The van der Waals surface area contributed by atoms with Crippen molar-refractivity contribution in [3.05, 3.63) is 61.1 Å². The van der Waals surface area contributed by atoms with Crippen LogP contribution in [0.2, 0.25) is 0 Å². The molecule has 0 aliphatic carbocycles. The summed E-state index contributed by atoms with van der Waals surface area (Å²) in [5.74, 6) is 0.773. The third-order valence-corrected chi connectivity index (χ3v) is 2.68. The van der Waals surface area contributed by atoms with Crippen LogP contribution in [0.15, 0.2) is 59.9 Å². The fourth-order valence-corrected chi connectivity index (χ4v) is 1.72. The largest absolute Gasteiger partial charge is 0.472 e. The number of rotatable bonds is 4. The number of pyridine rings is 1. The van der Waals surface area contributed by atoms with Gasteiger partial charge in [0.25, 0.3) is 0 Å². The molecule has 0 saturated carbocycles. The van der Waals surface area contributed by atoms with Crippen molar-refractivity contribution < 1.29 is 4.42 Å². The van der Waals surface area contributed by atoms with Crippen LogP contribution in [0.5, 0.6) is 0 Å². The second-order valence-electron chi connectivity index (χ2n) is 4.02. The number of anilines is 1. The Balaban J connectivity index is 1.74. The lowest BCUT2D eigenvalue weighted by molar-refractivity contribution is 0.568. The van der Waals surface area contributed by atoms with Crippen LogP contribution >= 0.6 is 0 Å². The molecule has 0 atom stereocenters. The Morgan fingerprint density at radius 1 is 1.21 bits per heavy atom. The lowest BCUT2D eigenvalue weighted by Gasteiger charge is -2.05. The summed E-state index contributed by atoms with van der Waals surface area (Å²) in [5.41, 5.74) is 2.87. The van der Waals surface area contributed by atoms with E-state index in [-0.39, 0.29) is 0 Å². The number of nitrogens with zero attached hydrogens (tertiary/aromatic N) is 3. The molecule has 0 spiro atoms. The Morgan fingerprint density at radius 3 is 3.00 bits per heavy atom. The van der Waals surface area contributed by atoms with Crippen molar-refractivity contribution in [3.8, 4) is 11.3 Å². The molecular formula is C14H12N4O. The molecule has 0 radical (unpaired) electrons. The summed E-state index contributed by atoms with van der Waals surface area (Å²) in [5, 5.41) is 3.24. The van der Waals surface area contributed by atoms with Crippen molar-refractivity contribution >= 4 is 5.82 Å². The van der Waals surface area contributed by atoms with Gasteiger partial charge in [0.05, 0.1) is 18.2 Å². The van der Waals surface area contributed by atoms with E-state index in [2.05, 4.69) is 20.3 Å². The first-order valence-electron chi connectivity index (χ1n) is 5.89. The predicted octanol–water partition coefficient (Wildman–Crippen LogP) is 2.74. The standard InChI is InChI=1S/C14H12N4O/c1-2-11(7-15-4-1)8-16-14-6-13(17-10-18-14)12-3-5-19-9-12/h1-7,9-10H,8H2,(H,16,17,18). The molecule has 0 fully saturated rings. The van der Waals surface area contributed by atoms with E-state index in [0.717, 1.165) is 22.6 Å². The first kappa shape index (κ1) is 11.4. The Bertz CT molecular complexity index is 638. The monoisotopic (exact) mass is 252 g/mol. The van der Waals surface area contributed by atoms with E-state index in [4.69, 9.17) is 4.42 Å². The van der Waals surface area contributed by atoms with Crippen LogP contribution in [0.4, 0.5) is 5.82 Å². The maximum Gasteiger partial charge on any atom is 0.130 e. The van der Waals surface area contributed by atoms with Gasteiger partial charge in [-0.2, -0.15) is 0 Å². The fourth-order valence-electron chi connectivity index (χ4n) is 1.72. The minimum atomic E-state index is 0.676. The Kier molecular flexibility index (Phi) is 3.18. The number of aromatic nitrogens is 3. The third-order valence-electron chi connectivity index (χ3n) is 2.68. The van der Waals surface area contributed by atoms with Crippen molar-refractivity contribution in [2.75, 3.05) is 5.32 Å². The summed E-state index contributed by atoms with van der Waals surface area (Å²) in [6.45, 7) is 0.676. The molecule has 0 aromatic carbocycles. The molecule has 5 nitrogen and oxygen atoms in total. The predicted molar refractivity (Wildman–Crippen MR) is 71.3 cm³/mol. The molecule has 0 unspecified atom stereocenters. The van der Waals surface area contributed by atoms with Gasteiger partial charge in [-0.05, 0) is 17.7 Å². The van der Waals surface area contributed by atoms with Crippen molar-refractivity contribution in [2.45, 2.75) is 6.54 Å². The molecule has 3 aromatic rings. The van der Waals surface area contributed by atoms with Gasteiger partial charge in [0.1, 0.15) is 12.1 Å². The van der Waals surface area contributed by atoms with Crippen LogP contribution < -0.4 is 5.32 Å². The van der Waals surface area contributed by atoms with Crippen LogP contribution in [0.25, 0.3) is 11.3 Å². The molecule has 0 saturated heterocycles. The summed E-state index contributed by atoms with van der Waals surface area (Å²) in [6, 6.07) is 7.68. The average Bonchev–Trinajstić information content (AvgIpc) is 3.01. The average molecular weight is 252 g/mol. The Morgan fingerprint density at radius 2 is 2.21 bits per heavy atom. The van der Waals surface area contributed by atoms with Gasteiger partial charge in [-0.25, -0.2) is 9.97 Å². The quantitative estimate of drug-likeness (QED) is 0.773. The molecule has 1 N–H and O–H groups in total. The van der Waals surface area contributed by atoms with Gasteiger partial charge in [0.2, 0.25) is 0 Å². The van der Waals surface area contributed by atoms with Gasteiger partial charge in [0.15, 0.2) is 0 Å². The van der Waals surface area contributed by atoms with Crippen molar-refractivity contribution in [1.29, 1.82) is 0 Å². The van der Waals surface area contributed by atoms with Gasteiger partial charge in [-0.1, -0.05) is 6.07 Å². The van der Waals surface area contributed by atoms with Crippen molar-refractivity contribution in [1.82, 2.24) is 15.0 Å². The molecule has 3 heterocycles. The molecule has 19 heavy (non-hydrogen) atoms. The van der Waals surface area contributed by atoms with Crippen molar-refractivity contribution in [2.24, 2.45) is 0 Å². The molecule has 5 heteroatoms. The molecule has 94 valence electrons. The number of nitrogens with one attached hydrogen (secondary N) is 1. The Labute approximate surface area is 110 Å². The van der Waals surface area contributed by atoms with E-state index >= 15 is 0 Å². The van der Waals surface area contributed by atoms with E-state index in [0.29, 0.717) is 6.54 Å². The molecule has 0 aliphatic rings. The van der Waals surface area contributed by atoms with E-state index in [1.54, 1.807) is 18.7 Å². The second-order valence-corrected chi connectivity index (χ2v) is 4.02. The third kappa shape index (κ3) is 2.77. The summed E-state index contributed by atoms with van der Waals surface area (Å²) in [4.78, 5) is 12.5. The Hall–Kier alpha value is -2.69. The van der Waals surface area contributed by atoms with Crippen LogP contribution in [-0.2, 0) is 6.54 Å². The van der Waals surface area contributed by atoms with Gasteiger partial charge >= 0.3 is 0 Å². The molecular weight excluding hydrogens is 240 g/mol. The molecule has 0 aliphatic heterocycles. The van der Waals surface area contributed by atoms with Crippen LogP contribution in [0.3, 0.4) is 0 Å². The zero-order chi connectivity index (χ0) is 12.9. The van der Waals surface area contributed by atoms with E-state index in [1.165, 1.54) is 6.33 Å². The van der Waals surface area contributed by atoms with E-state index < -0.39 is 0 Å². The zero-order valence-corrected chi connectivity index (χ0v) is 10.2. The van der Waals surface area contributed by atoms with Crippen LogP contribution in [-0.4, -0.2) is 15.0 Å². The second kappa shape index (κ2) is 5.30. The minimum absolute atomic E-state index is 0.676. The van der Waals surface area contributed by atoms with E-state index in [1.807, 2.05) is 30.5 Å². The summed E-state index contributed by atoms with van der Waals surface area (Å²) in [6.07, 6.45) is 8.40. The molecule has 3 rings (SSSR count). The lowest BCUT2D eigenvalue weighted by Crippen LogP contribution is -2.02. The highest BCUT2D eigenvalue weighted by Crippen LogP contribution is 2.19. The molecule has 3 aromatic heterocycles.